The van der Waals surface area contributed by atoms with Gasteiger partial charge in [0, 0.05) is 13.2 Å². The van der Waals surface area contributed by atoms with Gasteiger partial charge in [-0.05, 0) is 13.8 Å². The highest BCUT2D eigenvalue weighted by Gasteiger charge is 1.98. The van der Waals surface area contributed by atoms with Crippen LogP contribution < -0.4 is 0 Å². The van der Waals surface area contributed by atoms with Crippen LogP contribution >= 0.6 is 0 Å². The van der Waals surface area contributed by atoms with Gasteiger partial charge >= 0.3 is 5.97 Å². The van der Waals surface area contributed by atoms with E-state index in [4.69, 9.17) is 14.2 Å². The van der Waals surface area contributed by atoms with E-state index in [2.05, 4.69) is 0 Å². The molecule has 4 nitrogen and oxygen atoms in total. The minimum absolute atomic E-state index is 0.0341. The van der Waals surface area contributed by atoms with Crippen LogP contribution in [0.4, 0.5) is 0 Å². The lowest BCUT2D eigenvalue weighted by Crippen LogP contribution is -2.14. The van der Waals surface area contributed by atoms with Crippen molar-refractivity contribution in [2.45, 2.75) is 20.0 Å². The second kappa shape index (κ2) is 8.72. The number of methoxy groups -OCH3 is 1. The molecular formula is C10H18O4. The Hall–Kier alpha value is -0.870. The molecule has 0 rings (SSSR count). The van der Waals surface area contributed by atoms with E-state index in [9.17, 15) is 4.79 Å². The summed E-state index contributed by atoms with van der Waals surface area (Å²) in [5.41, 5.74) is 0. The standard InChI is InChI=1S/C10H18O4/c1-4-13-10(11)6-5-7-14-9(2)8-12-3/h5-6,9H,4,7-8H2,1-3H3/b6-5+. The van der Waals surface area contributed by atoms with Gasteiger partial charge in [0.15, 0.2) is 0 Å². The fourth-order valence-electron chi connectivity index (χ4n) is 0.837. The maximum atomic E-state index is 10.8. The van der Waals surface area contributed by atoms with Crippen molar-refractivity contribution in [3.05, 3.63) is 12.2 Å². The first-order chi connectivity index (χ1) is 6.70. The zero-order valence-electron chi connectivity index (χ0n) is 8.99. The lowest BCUT2D eigenvalue weighted by atomic mass is 10.4. The van der Waals surface area contributed by atoms with Crippen molar-refractivity contribution in [3.8, 4) is 0 Å². The fraction of sp³-hybridized carbons (Fsp3) is 0.700. The quantitative estimate of drug-likeness (QED) is 0.459. The van der Waals surface area contributed by atoms with E-state index in [0.29, 0.717) is 19.8 Å². The third-order valence-electron chi connectivity index (χ3n) is 1.42. The predicted octanol–water partition coefficient (Wildman–Crippen LogP) is 1.16. The molecule has 0 bridgehead atoms. The molecule has 0 radical (unpaired) electrons. The number of ether oxygens (including phenoxy) is 3. The van der Waals surface area contributed by atoms with Gasteiger partial charge in [-0.3, -0.25) is 0 Å². The topological polar surface area (TPSA) is 44.8 Å². The smallest absolute Gasteiger partial charge is 0.330 e. The van der Waals surface area contributed by atoms with E-state index in [-0.39, 0.29) is 12.1 Å². The summed E-state index contributed by atoms with van der Waals surface area (Å²) in [6.45, 7) is 5.01. The van der Waals surface area contributed by atoms with Gasteiger partial charge < -0.3 is 14.2 Å². The normalized spacial score (nSPS) is 13.1. The van der Waals surface area contributed by atoms with Crippen LogP contribution in [0.2, 0.25) is 0 Å². The first kappa shape index (κ1) is 13.1. The van der Waals surface area contributed by atoms with Gasteiger partial charge in [0.05, 0.1) is 25.9 Å². The molecule has 0 aromatic heterocycles. The van der Waals surface area contributed by atoms with Crippen molar-refractivity contribution in [2.24, 2.45) is 0 Å². The lowest BCUT2D eigenvalue weighted by molar-refractivity contribution is -0.137. The Morgan fingerprint density at radius 3 is 2.79 bits per heavy atom. The van der Waals surface area contributed by atoms with Crippen LogP contribution in [-0.2, 0) is 19.0 Å². The second-order valence-electron chi connectivity index (χ2n) is 2.75. The van der Waals surface area contributed by atoms with Crippen LogP contribution in [-0.4, -0.2) is 39.0 Å². The summed E-state index contributed by atoms with van der Waals surface area (Å²) >= 11 is 0. The molecule has 0 saturated heterocycles. The number of rotatable bonds is 7. The molecule has 0 fully saturated rings. The molecular weight excluding hydrogens is 184 g/mol. The summed E-state index contributed by atoms with van der Waals surface area (Å²) in [5, 5.41) is 0. The molecule has 1 unspecified atom stereocenters. The lowest BCUT2D eigenvalue weighted by Gasteiger charge is -2.09. The Balaban J connectivity index is 3.47. The molecule has 4 heteroatoms. The van der Waals surface area contributed by atoms with E-state index in [1.807, 2.05) is 6.92 Å². The van der Waals surface area contributed by atoms with Crippen LogP contribution in [0.1, 0.15) is 13.8 Å². The van der Waals surface area contributed by atoms with Gasteiger partial charge in [0.1, 0.15) is 0 Å². The molecule has 0 aromatic carbocycles. The van der Waals surface area contributed by atoms with Gasteiger partial charge in [-0.1, -0.05) is 6.08 Å². The highest BCUT2D eigenvalue weighted by molar-refractivity contribution is 5.81. The SMILES string of the molecule is CCOC(=O)/C=C/COC(C)COC. The molecule has 0 spiro atoms. The Morgan fingerprint density at radius 2 is 2.21 bits per heavy atom. The number of carbonyl (C=O) groups excluding carboxylic acids is 1. The van der Waals surface area contributed by atoms with Crippen molar-refractivity contribution in [1.29, 1.82) is 0 Å². The zero-order chi connectivity index (χ0) is 10.8. The Bertz CT molecular complexity index is 177. The maximum Gasteiger partial charge on any atom is 0.330 e. The maximum absolute atomic E-state index is 10.8. The molecule has 0 aliphatic heterocycles. The Kier molecular flexibility index (Phi) is 8.17. The average molecular weight is 202 g/mol. The van der Waals surface area contributed by atoms with Crippen molar-refractivity contribution >= 4 is 5.97 Å². The van der Waals surface area contributed by atoms with E-state index in [1.165, 1.54) is 6.08 Å². The summed E-state index contributed by atoms with van der Waals surface area (Å²) in [6.07, 6.45) is 3.03. The Labute approximate surface area is 84.8 Å². The predicted molar refractivity (Wildman–Crippen MR) is 53.1 cm³/mol. The van der Waals surface area contributed by atoms with Gasteiger partial charge in [-0.2, -0.15) is 0 Å². The van der Waals surface area contributed by atoms with Crippen molar-refractivity contribution in [2.75, 3.05) is 26.9 Å². The zero-order valence-corrected chi connectivity index (χ0v) is 8.99. The highest BCUT2D eigenvalue weighted by Crippen LogP contribution is 1.91. The van der Waals surface area contributed by atoms with Crippen LogP contribution in [0.5, 0.6) is 0 Å². The molecule has 0 saturated carbocycles. The third-order valence-corrected chi connectivity index (χ3v) is 1.42. The molecule has 0 amide bonds. The minimum Gasteiger partial charge on any atom is -0.463 e. The van der Waals surface area contributed by atoms with Crippen LogP contribution in [0.25, 0.3) is 0 Å². The summed E-state index contributed by atoms with van der Waals surface area (Å²) in [4.78, 5) is 10.8. The van der Waals surface area contributed by atoms with Gasteiger partial charge in [-0.25, -0.2) is 4.79 Å². The van der Waals surface area contributed by atoms with Crippen LogP contribution in [0, 0.1) is 0 Å². The number of carbonyl (C=O) groups is 1. The first-order valence-electron chi connectivity index (χ1n) is 4.64. The van der Waals surface area contributed by atoms with Gasteiger partial charge in [-0.15, -0.1) is 0 Å². The fourth-order valence-corrected chi connectivity index (χ4v) is 0.837. The molecule has 0 aliphatic carbocycles. The van der Waals surface area contributed by atoms with Gasteiger partial charge in [0.25, 0.3) is 0 Å². The van der Waals surface area contributed by atoms with E-state index >= 15 is 0 Å². The van der Waals surface area contributed by atoms with Crippen LogP contribution in [0.3, 0.4) is 0 Å². The largest absolute Gasteiger partial charge is 0.463 e. The molecule has 0 N–H and O–H groups in total. The van der Waals surface area contributed by atoms with Gasteiger partial charge in [0.2, 0.25) is 0 Å². The Morgan fingerprint density at radius 1 is 1.50 bits per heavy atom. The molecule has 82 valence electrons. The van der Waals surface area contributed by atoms with Crippen molar-refractivity contribution in [1.82, 2.24) is 0 Å². The van der Waals surface area contributed by atoms with Crippen LogP contribution in [0.15, 0.2) is 12.2 Å². The second-order valence-corrected chi connectivity index (χ2v) is 2.75. The molecule has 0 aliphatic rings. The third kappa shape index (κ3) is 7.76. The molecule has 14 heavy (non-hydrogen) atoms. The summed E-state index contributed by atoms with van der Waals surface area (Å²) in [5.74, 6) is -0.338. The van der Waals surface area contributed by atoms with Crippen molar-refractivity contribution in [3.63, 3.8) is 0 Å². The summed E-state index contributed by atoms with van der Waals surface area (Å²) in [7, 11) is 1.62. The van der Waals surface area contributed by atoms with Crippen molar-refractivity contribution < 1.29 is 19.0 Å². The number of hydrogen-bond donors (Lipinski definition) is 0. The van der Waals surface area contributed by atoms with E-state index < -0.39 is 0 Å². The number of hydrogen-bond acceptors (Lipinski definition) is 4. The summed E-state index contributed by atoms with van der Waals surface area (Å²) < 4.78 is 14.9. The molecule has 0 aromatic rings. The minimum atomic E-state index is -0.338. The monoisotopic (exact) mass is 202 g/mol. The number of esters is 1. The highest BCUT2D eigenvalue weighted by atomic mass is 16.5. The van der Waals surface area contributed by atoms with E-state index in [0.717, 1.165) is 0 Å². The molecule has 0 heterocycles. The van der Waals surface area contributed by atoms with E-state index in [1.54, 1.807) is 20.1 Å². The molecule has 1 atom stereocenters. The first-order valence-corrected chi connectivity index (χ1v) is 4.64. The summed E-state index contributed by atoms with van der Waals surface area (Å²) in [6, 6.07) is 0. The average Bonchev–Trinajstić information content (AvgIpc) is 2.13.